The Labute approximate surface area is 261 Å². The third kappa shape index (κ3) is 5.97. The second-order valence-electron chi connectivity index (χ2n) is 14.8. The molecule has 10 nitrogen and oxygen atoms in total. The lowest BCUT2D eigenvalue weighted by molar-refractivity contribution is 0.0575. The number of nitrogens with zero attached hydrogens (tertiary/aromatic N) is 6. The minimum atomic E-state index is -2.11. The van der Waals surface area contributed by atoms with Gasteiger partial charge in [0.1, 0.15) is 17.5 Å². The van der Waals surface area contributed by atoms with Gasteiger partial charge in [-0.15, -0.1) is 0 Å². The van der Waals surface area contributed by atoms with Gasteiger partial charge in [-0.2, -0.15) is 10.4 Å². The summed E-state index contributed by atoms with van der Waals surface area (Å²) >= 11 is 0. The highest BCUT2D eigenvalue weighted by Crippen LogP contribution is 2.47. The fraction of sp³-hybridized carbons (Fsp3) is 0.545. The van der Waals surface area contributed by atoms with Crippen LogP contribution < -0.4 is 10.2 Å². The highest BCUT2D eigenvalue weighted by molar-refractivity contribution is 6.74. The van der Waals surface area contributed by atoms with Crippen LogP contribution in [0.5, 0.6) is 0 Å². The van der Waals surface area contributed by atoms with E-state index < -0.39 is 25.4 Å². The summed E-state index contributed by atoms with van der Waals surface area (Å²) in [6.07, 6.45) is 4.30. The quantitative estimate of drug-likeness (QED) is 0.294. The maximum atomic E-state index is 13.5. The number of amides is 1. The lowest BCUT2D eigenvalue weighted by Crippen LogP contribution is -2.46. The summed E-state index contributed by atoms with van der Waals surface area (Å²) in [5.74, 6) is 1.36. The molecule has 1 unspecified atom stereocenters. The van der Waals surface area contributed by atoms with Gasteiger partial charge in [0.15, 0.2) is 8.32 Å². The molecule has 1 amide bonds. The number of carbonyl (C=O) groups excluding carboxylic acids is 1. The van der Waals surface area contributed by atoms with E-state index in [1.807, 2.05) is 44.6 Å². The molecule has 0 bridgehead atoms. The summed E-state index contributed by atoms with van der Waals surface area (Å²) in [5.41, 5.74) is 4.35. The molecule has 2 aliphatic rings. The van der Waals surface area contributed by atoms with Gasteiger partial charge in [-0.25, -0.2) is 14.8 Å². The van der Waals surface area contributed by atoms with E-state index in [4.69, 9.17) is 14.1 Å². The Hall–Kier alpha value is -3.75. The Balaban J connectivity index is 1.56. The molecule has 1 aliphatic carbocycles. The smallest absolute Gasteiger partial charge is 0.414 e. The van der Waals surface area contributed by atoms with Gasteiger partial charge >= 0.3 is 6.09 Å². The van der Waals surface area contributed by atoms with Crippen LogP contribution in [0, 0.1) is 11.3 Å². The van der Waals surface area contributed by atoms with Crippen molar-refractivity contribution in [1.82, 2.24) is 19.7 Å². The van der Waals surface area contributed by atoms with Gasteiger partial charge in [-0.3, -0.25) is 9.58 Å². The van der Waals surface area contributed by atoms with Crippen LogP contribution in [0.15, 0.2) is 24.4 Å². The summed E-state index contributed by atoms with van der Waals surface area (Å²) in [5, 5.41) is 18.4. The first kappa shape index (κ1) is 31.7. The van der Waals surface area contributed by atoms with Gasteiger partial charge in [-0.05, 0) is 81.9 Å². The Morgan fingerprint density at radius 2 is 1.91 bits per heavy atom. The fourth-order valence-electron chi connectivity index (χ4n) is 5.65. The monoisotopic (exact) mass is 615 g/mol. The van der Waals surface area contributed by atoms with Gasteiger partial charge in [0, 0.05) is 42.9 Å². The van der Waals surface area contributed by atoms with Crippen molar-refractivity contribution in [2.75, 3.05) is 23.4 Å². The van der Waals surface area contributed by atoms with Gasteiger partial charge in [0.25, 0.3) is 0 Å². The number of aromatic nitrogens is 4. The minimum absolute atomic E-state index is 0.0215. The van der Waals surface area contributed by atoms with E-state index in [1.165, 1.54) is 5.56 Å². The van der Waals surface area contributed by atoms with Crippen molar-refractivity contribution < 1.29 is 14.0 Å². The second-order valence-corrected chi connectivity index (χ2v) is 19.7. The van der Waals surface area contributed by atoms with Crippen molar-refractivity contribution in [3.05, 3.63) is 46.8 Å². The molecule has 234 valence electrons. The average Bonchev–Trinajstić information content (AvgIpc) is 3.59. The Bertz CT molecular complexity index is 1640. The van der Waals surface area contributed by atoms with Crippen LogP contribution in [0.2, 0.25) is 18.1 Å². The van der Waals surface area contributed by atoms with Crippen LogP contribution in [0.3, 0.4) is 0 Å². The average molecular weight is 616 g/mol. The minimum Gasteiger partial charge on any atom is -0.443 e. The van der Waals surface area contributed by atoms with Crippen LogP contribution in [0.4, 0.5) is 22.2 Å². The zero-order valence-electron chi connectivity index (χ0n) is 27.8. The molecule has 1 aromatic carbocycles. The molecule has 3 heterocycles. The van der Waals surface area contributed by atoms with E-state index in [2.05, 4.69) is 62.3 Å². The van der Waals surface area contributed by atoms with E-state index >= 15 is 0 Å². The molecule has 0 fully saturated rings. The van der Waals surface area contributed by atoms with Crippen molar-refractivity contribution >= 4 is 31.9 Å². The highest BCUT2D eigenvalue weighted by Gasteiger charge is 2.47. The van der Waals surface area contributed by atoms with E-state index in [0.717, 1.165) is 41.9 Å². The molecule has 0 spiro atoms. The number of hydrogen-bond donors (Lipinski definition) is 1. The van der Waals surface area contributed by atoms with Crippen molar-refractivity contribution in [2.45, 2.75) is 96.9 Å². The molecule has 11 heteroatoms. The Morgan fingerprint density at radius 1 is 1.18 bits per heavy atom. The fourth-order valence-corrected chi connectivity index (χ4v) is 6.76. The number of nitriles is 1. The number of rotatable bonds is 6. The summed E-state index contributed by atoms with van der Waals surface area (Å²) in [6.45, 7) is 19.5. The second kappa shape index (κ2) is 11.0. The van der Waals surface area contributed by atoms with E-state index in [-0.39, 0.29) is 5.04 Å². The topological polar surface area (TPSA) is 118 Å². The Morgan fingerprint density at radius 3 is 2.57 bits per heavy atom. The van der Waals surface area contributed by atoms with Crippen molar-refractivity contribution in [1.29, 1.82) is 5.26 Å². The van der Waals surface area contributed by atoms with Crippen molar-refractivity contribution in [3.63, 3.8) is 0 Å². The molecule has 3 aromatic rings. The standard InChI is InChI=1S/C33H45N7O3Si/c1-31(2,3)43-30(41)40-19-33(7,20-42-44(9,10)32(4,5)6)24-17-21(16-22(18-34)27(24)40)25-14-15-35-29(36-25)37-28-23-12-11-13-26(23)38-39(28)8/h14-17H,11-13,19-20H2,1-10H3,(H,35,36,37). The molecular formula is C33H45N7O3Si. The van der Waals surface area contributed by atoms with Crippen LogP contribution in [-0.4, -0.2) is 52.9 Å². The Kier molecular flexibility index (Phi) is 7.92. The molecule has 5 rings (SSSR count). The molecule has 2 aromatic heterocycles. The van der Waals surface area contributed by atoms with Gasteiger partial charge in [-0.1, -0.05) is 27.7 Å². The van der Waals surface area contributed by atoms with E-state index in [0.29, 0.717) is 36.0 Å². The summed E-state index contributed by atoms with van der Waals surface area (Å²) in [4.78, 5) is 24.5. The maximum Gasteiger partial charge on any atom is 0.414 e. The van der Waals surface area contributed by atoms with Gasteiger partial charge < -0.3 is 14.5 Å². The van der Waals surface area contributed by atoms with Crippen molar-refractivity contribution in [3.8, 4) is 17.3 Å². The predicted octanol–water partition coefficient (Wildman–Crippen LogP) is 7.02. The number of nitrogens with one attached hydrogen (secondary N) is 1. The van der Waals surface area contributed by atoms with Crippen LogP contribution in [0.1, 0.15) is 77.3 Å². The number of ether oxygens (including phenoxy) is 1. The predicted molar refractivity (Wildman–Crippen MR) is 175 cm³/mol. The molecule has 0 radical (unpaired) electrons. The van der Waals surface area contributed by atoms with Crippen LogP contribution in [-0.2, 0) is 34.5 Å². The highest BCUT2D eigenvalue weighted by atomic mass is 28.4. The number of carbonyl (C=O) groups is 1. The SMILES string of the molecule is Cn1nc2c(c1Nc1nccc(-c3cc(C#N)c4c(c3)C(C)(CO[Si](C)(C)C(C)(C)C)CN4C(=O)OC(C)(C)C)n1)CCC2. The normalized spacial score (nSPS) is 18.2. The molecule has 0 saturated carbocycles. The van der Waals surface area contributed by atoms with E-state index in [1.54, 1.807) is 17.2 Å². The summed E-state index contributed by atoms with van der Waals surface area (Å²) in [6, 6.07) is 8.03. The number of fused-ring (bicyclic) bond motifs is 2. The van der Waals surface area contributed by atoms with Crippen LogP contribution in [0.25, 0.3) is 11.3 Å². The maximum absolute atomic E-state index is 13.5. The molecule has 0 saturated heterocycles. The summed E-state index contributed by atoms with van der Waals surface area (Å²) < 4.78 is 14.4. The molecule has 1 N–H and O–H groups in total. The summed E-state index contributed by atoms with van der Waals surface area (Å²) in [7, 11) is -0.190. The molecular weight excluding hydrogens is 570 g/mol. The zero-order valence-corrected chi connectivity index (χ0v) is 28.8. The largest absolute Gasteiger partial charge is 0.443 e. The third-order valence-electron chi connectivity index (χ3n) is 9.08. The van der Waals surface area contributed by atoms with Crippen LogP contribution >= 0.6 is 0 Å². The molecule has 1 atom stereocenters. The first-order chi connectivity index (χ1) is 20.4. The number of hydrogen-bond acceptors (Lipinski definition) is 8. The zero-order chi connectivity index (χ0) is 32.2. The van der Waals surface area contributed by atoms with Gasteiger partial charge in [0.05, 0.1) is 22.6 Å². The van der Waals surface area contributed by atoms with Crippen molar-refractivity contribution in [2.24, 2.45) is 7.05 Å². The van der Waals surface area contributed by atoms with Gasteiger partial charge in [0.2, 0.25) is 5.95 Å². The molecule has 44 heavy (non-hydrogen) atoms. The first-order valence-corrected chi connectivity index (χ1v) is 18.2. The lowest BCUT2D eigenvalue weighted by atomic mass is 9.83. The van der Waals surface area contributed by atoms with E-state index in [9.17, 15) is 10.1 Å². The number of anilines is 3. The number of aryl methyl sites for hydroxylation is 2. The lowest BCUT2D eigenvalue weighted by Gasteiger charge is -2.39. The molecule has 1 aliphatic heterocycles. The first-order valence-electron chi connectivity index (χ1n) is 15.3. The number of benzene rings is 1. The third-order valence-corrected chi connectivity index (χ3v) is 13.6.